The van der Waals surface area contributed by atoms with Crippen LogP contribution in [0.5, 0.6) is 0 Å². The predicted octanol–water partition coefficient (Wildman–Crippen LogP) is 7.09. The van der Waals surface area contributed by atoms with E-state index in [1.165, 1.54) is 76.3 Å². The van der Waals surface area contributed by atoms with Crippen LogP contribution in [0.3, 0.4) is 0 Å². The molecule has 4 aliphatic carbocycles. The maximum Gasteiger partial charge on any atom is 0.0665 e. The Morgan fingerprint density at radius 3 is 2.60 bits per heavy atom. The van der Waals surface area contributed by atoms with Crippen LogP contribution in [0.2, 0.25) is 0 Å². The van der Waals surface area contributed by atoms with Gasteiger partial charge in [0.05, 0.1) is 5.69 Å². The van der Waals surface area contributed by atoms with Gasteiger partial charge >= 0.3 is 0 Å². The van der Waals surface area contributed by atoms with Gasteiger partial charge in [0.2, 0.25) is 0 Å². The zero-order valence-electron chi connectivity index (χ0n) is 20.6. The zero-order valence-corrected chi connectivity index (χ0v) is 20.6. The highest BCUT2D eigenvalue weighted by Gasteiger charge is 2.60. The van der Waals surface area contributed by atoms with E-state index in [-0.39, 0.29) is 0 Å². The topological polar surface area (TPSA) is 17.8 Å². The summed E-state index contributed by atoms with van der Waals surface area (Å²) in [7, 11) is 2.23. The van der Waals surface area contributed by atoms with Gasteiger partial charge in [0, 0.05) is 18.3 Å². The van der Waals surface area contributed by atoms with Gasteiger partial charge in [0.25, 0.3) is 0 Å². The van der Waals surface area contributed by atoms with Gasteiger partial charge in [-0.1, -0.05) is 53.9 Å². The molecule has 168 valence electrons. The maximum absolute atomic E-state index is 5.03. The van der Waals surface area contributed by atoms with Crippen molar-refractivity contribution >= 4 is 0 Å². The Balaban J connectivity index is 1.41. The van der Waals surface area contributed by atoms with Crippen LogP contribution in [-0.2, 0) is 25.3 Å². The minimum atomic E-state index is 0.405. The fourth-order valence-electron chi connectivity index (χ4n) is 9.42. The van der Waals surface area contributed by atoms with Crippen molar-refractivity contribution < 1.29 is 0 Å². The molecular weight excluding hydrogens is 364 g/mol. The second kappa shape index (κ2) is 7.38. The fourth-order valence-corrected chi connectivity index (χ4v) is 9.42. The lowest BCUT2D eigenvalue weighted by Gasteiger charge is -2.57. The average molecular weight is 411 g/mol. The third-order valence-corrected chi connectivity index (χ3v) is 10.8. The van der Waals surface area contributed by atoms with Gasteiger partial charge in [0.1, 0.15) is 0 Å². The molecule has 0 bridgehead atoms. The summed E-state index contributed by atoms with van der Waals surface area (Å²) in [4.78, 5) is 0. The van der Waals surface area contributed by atoms with Crippen LogP contribution >= 0.6 is 0 Å². The molecule has 2 saturated carbocycles. The molecule has 1 aromatic heterocycles. The van der Waals surface area contributed by atoms with Gasteiger partial charge in [-0.15, -0.1) is 0 Å². The molecule has 0 N–H and O–H groups in total. The van der Waals surface area contributed by atoms with Crippen LogP contribution in [0.25, 0.3) is 0 Å². The van der Waals surface area contributed by atoms with Crippen LogP contribution < -0.4 is 0 Å². The summed E-state index contributed by atoms with van der Waals surface area (Å²) < 4.78 is 2.29. The summed E-state index contributed by atoms with van der Waals surface area (Å²) >= 11 is 0. The lowest BCUT2D eigenvalue weighted by molar-refractivity contribution is -0.0390. The number of aryl methyl sites for hydroxylation is 2. The molecule has 30 heavy (non-hydrogen) atoms. The van der Waals surface area contributed by atoms with Crippen LogP contribution in [-0.4, -0.2) is 9.78 Å². The Labute approximate surface area is 185 Å². The highest BCUT2D eigenvalue weighted by Crippen LogP contribution is 2.66. The number of hydrogen-bond acceptors (Lipinski definition) is 1. The molecule has 0 radical (unpaired) electrons. The van der Waals surface area contributed by atoms with E-state index in [0.717, 1.165) is 35.5 Å². The molecule has 1 aromatic rings. The van der Waals surface area contributed by atoms with E-state index in [1.807, 2.05) is 0 Å². The smallest absolute Gasteiger partial charge is 0.0665 e. The van der Waals surface area contributed by atoms with E-state index in [2.05, 4.69) is 46.3 Å². The van der Waals surface area contributed by atoms with Gasteiger partial charge in [-0.05, 0) is 97.7 Å². The maximum atomic E-state index is 5.03. The standard InChI is InChI=1S/C28H46N2/c1-18(2)9-7-10-19(3)21-12-13-22-20-17-25-26-24(29-30(25)6)11-8-15-28(26,5)23(20)14-16-27(21,22)4/h18-23H,7-17H2,1-6H3. The first-order valence-electron chi connectivity index (χ1n) is 13.3. The Morgan fingerprint density at radius 2 is 1.83 bits per heavy atom. The Hall–Kier alpha value is -0.790. The Bertz CT molecular complexity index is 791. The van der Waals surface area contributed by atoms with Gasteiger partial charge in [0.15, 0.2) is 0 Å². The van der Waals surface area contributed by atoms with Crippen molar-refractivity contribution in [1.29, 1.82) is 0 Å². The summed E-state index contributed by atoms with van der Waals surface area (Å²) in [5.74, 6) is 5.47. The minimum Gasteiger partial charge on any atom is -0.272 e. The van der Waals surface area contributed by atoms with E-state index in [9.17, 15) is 0 Å². The summed E-state index contributed by atoms with van der Waals surface area (Å²) in [5.41, 5.74) is 5.77. The predicted molar refractivity (Wildman–Crippen MR) is 126 cm³/mol. The van der Waals surface area contributed by atoms with Crippen molar-refractivity contribution in [3.63, 3.8) is 0 Å². The molecule has 2 heteroatoms. The minimum absolute atomic E-state index is 0.405. The molecule has 0 aromatic carbocycles. The van der Waals surface area contributed by atoms with Crippen molar-refractivity contribution in [3.05, 3.63) is 17.0 Å². The Morgan fingerprint density at radius 1 is 1.03 bits per heavy atom. The molecule has 7 unspecified atom stereocenters. The lowest BCUT2D eigenvalue weighted by atomic mass is 9.47. The molecule has 0 amide bonds. The number of fused-ring (bicyclic) bond motifs is 4. The quantitative estimate of drug-likeness (QED) is 0.506. The molecule has 0 saturated heterocycles. The van der Waals surface area contributed by atoms with E-state index < -0.39 is 0 Å². The fraction of sp³-hybridized carbons (Fsp3) is 0.893. The van der Waals surface area contributed by atoms with Crippen molar-refractivity contribution in [2.45, 2.75) is 111 Å². The summed E-state index contributed by atoms with van der Waals surface area (Å²) in [6.07, 6.45) is 15.5. The molecule has 2 nitrogen and oxygen atoms in total. The first-order chi connectivity index (χ1) is 14.3. The number of aromatic nitrogens is 2. The summed E-state index contributed by atoms with van der Waals surface area (Å²) in [5, 5.41) is 5.03. The Kier molecular flexibility index (Phi) is 5.18. The second-order valence-corrected chi connectivity index (χ2v) is 12.8. The average Bonchev–Trinajstić information content (AvgIpc) is 3.19. The molecular formula is C28H46N2. The molecule has 4 aliphatic rings. The van der Waals surface area contributed by atoms with Crippen LogP contribution in [0.4, 0.5) is 0 Å². The van der Waals surface area contributed by atoms with Crippen molar-refractivity contribution in [2.75, 3.05) is 0 Å². The number of hydrogen-bond donors (Lipinski definition) is 0. The van der Waals surface area contributed by atoms with Crippen molar-refractivity contribution in [3.8, 4) is 0 Å². The van der Waals surface area contributed by atoms with E-state index in [1.54, 1.807) is 11.3 Å². The molecule has 1 heterocycles. The number of nitrogens with zero attached hydrogens (tertiary/aromatic N) is 2. The highest BCUT2D eigenvalue weighted by atomic mass is 15.3. The molecule has 5 rings (SSSR count). The first-order valence-corrected chi connectivity index (χ1v) is 13.3. The third-order valence-electron chi connectivity index (χ3n) is 10.8. The SMILES string of the molecule is CC(C)CCCC(C)C1CCC2C3Cc4c5c(nn4C)CCCC5(C)C3CCC12C. The lowest BCUT2D eigenvalue weighted by Crippen LogP contribution is -2.53. The van der Waals surface area contributed by atoms with Gasteiger partial charge in [-0.2, -0.15) is 5.10 Å². The van der Waals surface area contributed by atoms with Crippen LogP contribution in [0, 0.1) is 40.9 Å². The van der Waals surface area contributed by atoms with E-state index >= 15 is 0 Å². The van der Waals surface area contributed by atoms with Crippen molar-refractivity contribution in [2.24, 2.45) is 48.0 Å². The molecule has 2 fully saturated rings. The third kappa shape index (κ3) is 2.98. The van der Waals surface area contributed by atoms with Crippen LogP contribution in [0.1, 0.15) is 109 Å². The van der Waals surface area contributed by atoms with E-state index in [4.69, 9.17) is 5.10 Å². The van der Waals surface area contributed by atoms with Gasteiger partial charge < -0.3 is 0 Å². The highest BCUT2D eigenvalue weighted by molar-refractivity contribution is 5.41. The first kappa shape index (κ1) is 21.1. The summed E-state index contributed by atoms with van der Waals surface area (Å²) in [6.45, 7) is 12.7. The molecule has 0 spiro atoms. The summed E-state index contributed by atoms with van der Waals surface area (Å²) in [6, 6.07) is 0. The number of rotatable bonds is 5. The van der Waals surface area contributed by atoms with Crippen LogP contribution in [0.15, 0.2) is 0 Å². The van der Waals surface area contributed by atoms with Gasteiger partial charge in [-0.25, -0.2) is 0 Å². The van der Waals surface area contributed by atoms with Crippen molar-refractivity contribution in [1.82, 2.24) is 9.78 Å². The monoisotopic (exact) mass is 410 g/mol. The molecule has 7 atom stereocenters. The molecule has 0 aliphatic heterocycles. The normalized spacial score (nSPS) is 40.8. The second-order valence-electron chi connectivity index (χ2n) is 12.8. The van der Waals surface area contributed by atoms with E-state index in [0.29, 0.717) is 10.8 Å². The zero-order chi connectivity index (χ0) is 21.3. The van der Waals surface area contributed by atoms with Gasteiger partial charge in [-0.3, -0.25) is 4.68 Å². The largest absolute Gasteiger partial charge is 0.272 e.